The zero-order valence-corrected chi connectivity index (χ0v) is 23.9. The summed E-state index contributed by atoms with van der Waals surface area (Å²) in [5.74, 6) is 5.56. The van der Waals surface area contributed by atoms with E-state index in [4.69, 9.17) is 4.74 Å². The molecule has 38 heavy (non-hydrogen) atoms. The van der Waals surface area contributed by atoms with Crippen molar-refractivity contribution in [1.29, 1.82) is 0 Å². The fourth-order valence-electron chi connectivity index (χ4n) is 4.02. The van der Waals surface area contributed by atoms with Gasteiger partial charge in [0.1, 0.15) is 22.6 Å². The molecule has 0 aromatic heterocycles. The SMILES string of the molecule is CC(C)CC#Cc1ccc2c(c1)O[C@H](CN(C)S(=O)(=O)c1ccc(F)cc1)[C@H](C)CN([C@@H](C)CO)S2(=O)=O. The third-order valence-electron chi connectivity index (χ3n) is 6.37. The summed E-state index contributed by atoms with van der Waals surface area (Å²) in [6.45, 7) is 7.00. The number of likely N-dealkylation sites (N-methyl/N-ethyl adjacent to an activating group) is 1. The van der Waals surface area contributed by atoms with Crippen LogP contribution in [-0.2, 0) is 20.0 Å². The third kappa shape index (κ3) is 6.74. The van der Waals surface area contributed by atoms with Crippen LogP contribution in [0.15, 0.2) is 52.3 Å². The number of aliphatic hydroxyl groups is 1. The van der Waals surface area contributed by atoms with Crippen LogP contribution >= 0.6 is 0 Å². The van der Waals surface area contributed by atoms with Crippen molar-refractivity contribution in [1.82, 2.24) is 8.61 Å². The molecule has 3 atom stereocenters. The van der Waals surface area contributed by atoms with Crippen molar-refractivity contribution in [2.75, 3.05) is 26.7 Å². The van der Waals surface area contributed by atoms with Crippen LogP contribution in [0.5, 0.6) is 5.75 Å². The van der Waals surface area contributed by atoms with Crippen molar-refractivity contribution in [2.45, 2.75) is 56.1 Å². The fourth-order valence-corrected chi connectivity index (χ4v) is 7.03. The lowest BCUT2D eigenvalue weighted by Gasteiger charge is -2.37. The molecule has 0 fully saturated rings. The van der Waals surface area contributed by atoms with Crippen LogP contribution in [0.2, 0.25) is 0 Å². The predicted octanol–water partition coefficient (Wildman–Crippen LogP) is 3.31. The van der Waals surface area contributed by atoms with Gasteiger partial charge in [-0.25, -0.2) is 21.2 Å². The molecule has 0 saturated carbocycles. The summed E-state index contributed by atoms with van der Waals surface area (Å²) in [7, 11) is -6.61. The molecule has 0 amide bonds. The van der Waals surface area contributed by atoms with E-state index in [1.807, 2.05) is 13.8 Å². The summed E-state index contributed by atoms with van der Waals surface area (Å²) in [6.07, 6.45) is -0.0688. The highest BCUT2D eigenvalue weighted by Crippen LogP contribution is 2.34. The van der Waals surface area contributed by atoms with Gasteiger partial charge in [-0.3, -0.25) is 0 Å². The summed E-state index contributed by atoms with van der Waals surface area (Å²) >= 11 is 0. The Bertz CT molecular complexity index is 1400. The fraction of sp³-hybridized carbons (Fsp3) is 0.481. The van der Waals surface area contributed by atoms with Gasteiger partial charge in [-0.05, 0) is 55.3 Å². The Kier molecular flexibility index (Phi) is 9.60. The molecule has 2 aromatic carbocycles. The molecule has 1 N–H and O–H groups in total. The number of hydrogen-bond acceptors (Lipinski definition) is 6. The summed E-state index contributed by atoms with van der Waals surface area (Å²) < 4.78 is 75.5. The number of sulfonamides is 2. The smallest absolute Gasteiger partial charge is 0.247 e. The third-order valence-corrected chi connectivity index (χ3v) is 10.2. The first kappa shape index (κ1) is 30.1. The highest BCUT2D eigenvalue weighted by molar-refractivity contribution is 7.89. The molecule has 3 rings (SSSR count). The van der Waals surface area contributed by atoms with Gasteiger partial charge in [0.05, 0.1) is 18.0 Å². The number of halogens is 1. The molecule has 8 nitrogen and oxygen atoms in total. The molecule has 208 valence electrons. The number of aliphatic hydroxyl groups excluding tert-OH is 1. The molecule has 2 aromatic rings. The lowest BCUT2D eigenvalue weighted by molar-refractivity contribution is 0.0904. The molecule has 1 heterocycles. The minimum atomic E-state index is -4.03. The van der Waals surface area contributed by atoms with Crippen molar-refractivity contribution in [3.05, 3.63) is 53.8 Å². The Hall–Kier alpha value is -2.49. The van der Waals surface area contributed by atoms with E-state index in [2.05, 4.69) is 11.8 Å². The van der Waals surface area contributed by atoms with Gasteiger partial charge in [-0.2, -0.15) is 8.61 Å². The molecule has 0 aliphatic carbocycles. The Morgan fingerprint density at radius 2 is 1.84 bits per heavy atom. The molecular formula is C27H35FN2O6S2. The molecule has 1 aliphatic rings. The standard InChI is InChI=1S/C27H35FN2O6S2/c1-19(2)7-6-8-22-9-14-27-25(15-22)36-26(20(3)16-30(21(4)18-31)38(27,34)35)17-29(5)37(32,33)24-12-10-23(28)11-13-24/h9-15,19-21,26,31H,7,16-18H2,1-5H3/t20-,21+,26-/m1/s1. The minimum absolute atomic E-state index is 0.00848. The van der Waals surface area contributed by atoms with Crippen LogP contribution in [0.25, 0.3) is 0 Å². The number of ether oxygens (including phenoxy) is 1. The van der Waals surface area contributed by atoms with Gasteiger partial charge in [-0.15, -0.1) is 0 Å². The maximum atomic E-state index is 13.6. The summed E-state index contributed by atoms with van der Waals surface area (Å²) in [4.78, 5) is -0.144. The van der Waals surface area contributed by atoms with Crippen LogP contribution in [0, 0.1) is 29.5 Å². The number of hydrogen-bond donors (Lipinski definition) is 1. The van der Waals surface area contributed by atoms with Gasteiger partial charge < -0.3 is 9.84 Å². The van der Waals surface area contributed by atoms with E-state index in [0.717, 1.165) is 16.4 Å². The minimum Gasteiger partial charge on any atom is -0.487 e. The molecule has 0 unspecified atom stereocenters. The molecule has 1 aliphatic heterocycles. The molecule has 0 bridgehead atoms. The lowest BCUT2D eigenvalue weighted by Crippen LogP contribution is -2.50. The van der Waals surface area contributed by atoms with Gasteiger partial charge in [0.25, 0.3) is 0 Å². The van der Waals surface area contributed by atoms with E-state index in [-0.39, 0.29) is 35.2 Å². The highest BCUT2D eigenvalue weighted by atomic mass is 32.2. The maximum absolute atomic E-state index is 13.6. The lowest BCUT2D eigenvalue weighted by atomic mass is 10.0. The van der Waals surface area contributed by atoms with Gasteiger partial charge in [0, 0.05) is 37.5 Å². The van der Waals surface area contributed by atoms with Gasteiger partial charge in [0.2, 0.25) is 20.0 Å². The topological polar surface area (TPSA) is 104 Å². The van der Waals surface area contributed by atoms with Gasteiger partial charge in [-0.1, -0.05) is 32.6 Å². The Balaban J connectivity index is 2.04. The number of fused-ring (bicyclic) bond motifs is 1. The van der Waals surface area contributed by atoms with E-state index >= 15 is 0 Å². The van der Waals surface area contributed by atoms with Crippen molar-refractivity contribution >= 4 is 20.0 Å². The molecule has 0 spiro atoms. The predicted molar refractivity (Wildman–Crippen MR) is 143 cm³/mol. The second-order valence-corrected chi connectivity index (χ2v) is 13.9. The quantitative estimate of drug-likeness (QED) is 0.516. The monoisotopic (exact) mass is 566 g/mol. The normalized spacial score (nSPS) is 20.6. The molecular weight excluding hydrogens is 531 g/mol. The summed E-state index contributed by atoms with van der Waals surface area (Å²) in [5.41, 5.74) is 0.570. The van der Waals surface area contributed by atoms with Crippen LogP contribution < -0.4 is 4.74 Å². The van der Waals surface area contributed by atoms with Crippen LogP contribution in [0.3, 0.4) is 0 Å². The van der Waals surface area contributed by atoms with Crippen LogP contribution in [0.4, 0.5) is 4.39 Å². The van der Waals surface area contributed by atoms with Crippen molar-refractivity contribution < 1.29 is 31.1 Å². The Labute approximate surface area is 225 Å². The Morgan fingerprint density at radius 1 is 1.18 bits per heavy atom. The Morgan fingerprint density at radius 3 is 2.45 bits per heavy atom. The van der Waals surface area contributed by atoms with E-state index in [1.165, 1.54) is 29.6 Å². The average molecular weight is 567 g/mol. The van der Waals surface area contributed by atoms with Crippen LogP contribution in [0.1, 0.15) is 39.7 Å². The largest absolute Gasteiger partial charge is 0.487 e. The molecule has 11 heteroatoms. The van der Waals surface area contributed by atoms with E-state index < -0.39 is 43.9 Å². The first-order chi connectivity index (χ1) is 17.8. The van der Waals surface area contributed by atoms with Crippen molar-refractivity contribution in [3.63, 3.8) is 0 Å². The highest BCUT2D eigenvalue weighted by Gasteiger charge is 2.39. The van der Waals surface area contributed by atoms with Crippen molar-refractivity contribution in [3.8, 4) is 17.6 Å². The van der Waals surface area contributed by atoms with E-state index in [9.17, 15) is 26.3 Å². The zero-order valence-electron chi connectivity index (χ0n) is 22.3. The summed E-state index contributed by atoms with van der Waals surface area (Å²) in [6, 6.07) is 8.44. The van der Waals surface area contributed by atoms with Crippen molar-refractivity contribution in [2.24, 2.45) is 11.8 Å². The number of nitrogens with zero attached hydrogens (tertiary/aromatic N) is 2. The van der Waals surface area contributed by atoms with Gasteiger partial charge >= 0.3 is 0 Å². The van der Waals surface area contributed by atoms with E-state index in [0.29, 0.717) is 17.9 Å². The average Bonchev–Trinajstić information content (AvgIpc) is 2.85. The second kappa shape index (κ2) is 12.1. The maximum Gasteiger partial charge on any atom is 0.247 e. The second-order valence-electron chi connectivity index (χ2n) is 10.0. The van der Waals surface area contributed by atoms with Gasteiger partial charge in [0.15, 0.2) is 0 Å². The first-order valence-corrected chi connectivity index (χ1v) is 15.3. The van der Waals surface area contributed by atoms with E-state index in [1.54, 1.807) is 26.0 Å². The number of benzene rings is 2. The molecule has 0 saturated heterocycles. The summed E-state index contributed by atoms with van der Waals surface area (Å²) in [5, 5.41) is 9.80. The van der Waals surface area contributed by atoms with Crippen LogP contribution in [-0.4, -0.2) is 69.4 Å². The zero-order chi connectivity index (χ0) is 28.3. The molecule has 0 radical (unpaired) electrons. The number of rotatable bonds is 7. The first-order valence-electron chi connectivity index (χ1n) is 12.4.